The Bertz CT molecular complexity index is 177. The minimum atomic E-state index is -4.88. The first-order chi connectivity index (χ1) is 6.41. The van der Waals surface area contributed by atoms with Gasteiger partial charge in [-0.25, -0.2) is 4.79 Å². The van der Waals surface area contributed by atoms with E-state index in [2.05, 4.69) is 4.74 Å². The van der Waals surface area contributed by atoms with Crippen molar-refractivity contribution in [3.05, 3.63) is 0 Å². The van der Waals surface area contributed by atoms with Crippen LogP contribution in [0.1, 0.15) is 39.5 Å². The van der Waals surface area contributed by atoms with Crippen LogP contribution in [0.5, 0.6) is 0 Å². The first-order valence-electron chi connectivity index (χ1n) is 4.69. The fraction of sp³-hybridized carbons (Fsp3) is 0.889. The third-order valence-corrected chi connectivity index (χ3v) is 1.84. The second-order valence-corrected chi connectivity index (χ2v) is 3.08. The molecule has 0 amide bonds. The Kier molecular flexibility index (Phi) is 5.57. The van der Waals surface area contributed by atoms with Gasteiger partial charge < -0.3 is 4.74 Å². The molecule has 84 valence electrons. The van der Waals surface area contributed by atoms with E-state index in [1.165, 1.54) is 0 Å². The Labute approximate surface area is 81.4 Å². The van der Waals surface area contributed by atoms with Gasteiger partial charge in [0, 0.05) is 0 Å². The van der Waals surface area contributed by atoms with Crippen LogP contribution < -0.4 is 0 Å². The lowest BCUT2D eigenvalue weighted by atomic mass is 10.1. The molecule has 0 radical (unpaired) electrons. The SMILES string of the molecule is CCCCC(CC)OC(=O)C(F)(F)F. The monoisotopic (exact) mass is 212 g/mol. The number of carbonyl (C=O) groups excluding carboxylic acids is 1. The second kappa shape index (κ2) is 5.88. The standard InChI is InChI=1S/C9H15F3O2/c1-3-5-6-7(4-2)14-8(13)9(10,11)12/h7H,3-6H2,1-2H3. The Morgan fingerprint density at radius 1 is 1.36 bits per heavy atom. The maximum absolute atomic E-state index is 11.8. The van der Waals surface area contributed by atoms with Crippen LogP contribution in [0.3, 0.4) is 0 Å². The lowest BCUT2D eigenvalue weighted by Gasteiger charge is -2.16. The highest BCUT2D eigenvalue weighted by molar-refractivity contribution is 5.75. The van der Waals surface area contributed by atoms with Crippen LogP contribution in [-0.2, 0) is 9.53 Å². The second-order valence-electron chi connectivity index (χ2n) is 3.08. The van der Waals surface area contributed by atoms with Crippen LogP contribution in [0.4, 0.5) is 13.2 Å². The molecular formula is C9H15F3O2. The summed E-state index contributed by atoms with van der Waals surface area (Å²) in [5, 5.41) is 0. The first-order valence-corrected chi connectivity index (χ1v) is 4.69. The van der Waals surface area contributed by atoms with Gasteiger partial charge in [-0.1, -0.05) is 26.7 Å². The third kappa shape index (κ3) is 5.09. The minimum absolute atomic E-state index is 0.418. The maximum Gasteiger partial charge on any atom is 0.490 e. The van der Waals surface area contributed by atoms with Gasteiger partial charge in [0.05, 0.1) is 0 Å². The Hall–Kier alpha value is -0.740. The van der Waals surface area contributed by atoms with Gasteiger partial charge in [0.25, 0.3) is 0 Å². The van der Waals surface area contributed by atoms with Gasteiger partial charge in [-0.3, -0.25) is 0 Å². The molecule has 5 heteroatoms. The summed E-state index contributed by atoms with van der Waals surface area (Å²) in [6.45, 7) is 3.63. The summed E-state index contributed by atoms with van der Waals surface area (Å²) < 4.78 is 39.7. The molecule has 0 fully saturated rings. The predicted octanol–water partition coefficient (Wildman–Crippen LogP) is 3.06. The highest BCUT2D eigenvalue weighted by atomic mass is 19.4. The zero-order valence-electron chi connectivity index (χ0n) is 8.36. The van der Waals surface area contributed by atoms with E-state index in [-0.39, 0.29) is 0 Å². The van der Waals surface area contributed by atoms with Crippen molar-refractivity contribution in [2.45, 2.75) is 51.8 Å². The van der Waals surface area contributed by atoms with Crippen LogP contribution in [0, 0.1) is 0 Å². The molecule has 0 saturated heterocycles. The molecule has 1 atom stereocenters. The normalized spacial score (nSPS) is 13.8. The van der Waals surface area contributed by atoms with E-state index in [1.54, 1.807) is 6.92 Å². The molecule has 0 rings (SSSR count). The van der Waals surface area contributed by atoms with Crippen molar-refractivity contribution in [1.29, 1.82) is 0 Å². The molecule has 0 spiro atoms. The van der Waals surface area contributed by atoms with Gasteiger partial charge in [-0.05, 0) is 12.8 Å². The number of unbranched alkanes of at least 4 members (excludes halogenated alkanes) is 1. The fourth-order valence-electron chi connectivity index (χ4n) is 0.996. The zero-order valence-corrected chi connectivity index (χ0v) is 8.36. The van der Waals surface area contributed by atoms with Crippen LogP contribution in [-0.4, -0.2) is 18.2 Å². The summed E-state index contributed by atoms with van der Waals surface area (Å²) in [5.74, 6) is -2.08. The number of alkyl halides is 3. The molecular weight excluding hydrogens is 197 g/mol. The summed E-state index contributed by atoms with van der Waals surface area (Å²) >= 11 is 0. The number of hydrogen-bond donors (Lipinski definition) is 0. The number of esters is 1. The van der Waals surface area contributed by atoms with Crippen LogP contribution in [0.15, 0.2) is 0 Å². The summed E-state index contributed by atoms with van der Waals surface area (Å²) in [7, 11) is 0. The molecule has 0 N–H and O–H groups in total. The summed E-state index contributed by atoms with van der Waals surface area (Å²) in [6, 6.07) is 0. The average Bonchev–Trinajstić information content (AvgIpc) is 2.10. The topological polar surface area (TPSA) is 26.3 Å². The molecule has 0 saturated carbocycles. The summed E-state index contributed by atoms with van der Waals surface area (Å²) in [5.41, 5.74) is 0. The van der Waals surface area contributed by atoms with Crippen molar-refractivity contribution >= 4 is 5.97 Å². The van der Waals surface area contributed by atoms with Crippen LogP contribution in [0.2, 0.25) is 0 Å². The van der Waals surface area contributed by atoms with Crippen molar-refractivity contribution < 1.29 is 22.7 Å². The van der Waals surface area contributed by atoms with Crippen LogP contribution >= 0.6 is 0 Å². The molecule has 0 aromatic rings. The lowest BCUT2D eigenvalue weighted by molar-refractivity contribution is -0.205. The van der Waals surface area contributed by atoms with Gasteiger partial charge in [-0.15, -0.1) is 0 Å². The molecule has 14 heavy (non-hydrogen) atoms. The molecule has 2 nitrogen and oxygen atoms in total. The van der Waals surface area contributed by atoms with Gasteiger partial charge in [0.2, 0.25) is 0 Å². The summed E-state index contributed by atoms with van der Waals surface area (Å²) in [6.07, 6.45) is -2.93. The number of ether oxygens (including phenoxy) is 1. The van der Waals surface area contributed by atoms with Crippen molar-refractivity contribution in [2.24, 2.45) is 0 Å². The van der Waals surface area contributed by atoms with E-state index in [0.29, 0.717) is 12.8 Å². The van der Waals surface area contributed by atoms with Gasteiger partial charge in [0.15, 0.2) is 0 Å². The van der Waals surface area contributed by atoms with Gasteiger partial charge in [0.1, 0.15) is 6.10 Å². The molecule has 0 aromatic carbocycles. The molecule has 0 aliphatic heterocycles. The average molecular weight is 212 g/mol. The zero-order chi connectivity index (χ0) is 11.2. The first kappa shape index (κ1) is 13.3. The molecule has 0 aliphatic carbocycles. The third-order valence-electron chi connectivity index (χ3n) is 1.84. The largest absolute Gasteiger partial charge is 0.490 e. The van der Waals surface area contributed by atoms with E-state index >= 15 is 0 Å². The van der Waals surface area contributed by atoms with E-state index in [4.69, 9.17) is 0 Å². The summed E-state index contributed by atoms with van der Waals surface area (Å²) in [4.78, 5) is 10.4. The Morgan fingerprint density at radius 2 is 1.93 bits per heavy atom. The van der Waals surface area contributed by atoms with E-state index < -0.39 is 18.2 Å². The smallest absolute Gasteiger partial charge is 0.456 e. The predicted molar refractivity (Wildman–Crippen MR) is 45.8 cm³/mol. The number of rotatable bonds is 5. The van der Waals surface area contributed by atoms with Crippen LogP contribution in [0.25, 0.3) is 0 Å². The van der Waals surface area contributed by atoms with Gasteiger partial charge in [-0.2, -0.15) is 13.2 Å². The number of carbonyl (C=O) groups is 1. The number of hydrogen-bond acceptors (Lipinski definition) is 2. The minimum Gasteiger partial charge on any atom is -0.456 e. The van der Waals surface area contributed by atoms with E-state index in [1.807, 2.05) is 6.92 Å². The molecule has 1 unspecified atom stereocenters. The van der Waals surface area contributed by atoms with Crippen molar-refractivity contribution in [1.82, 2.24) is 0 Å². The van der Waals surface area contributed by atoms with Gasteiger partial charge >= 0.3 is 12.1 Å². The van der Waals surface area contributed by atoms with Crippen molar-refractivity contribution in [3.8, 4) is 0 Å². The Balaban J connectivity index is 3.99. The molecule has 0 aromatic heterocycles. The highest BCUT2D eigenvalue weighted by Gasteiger charge is 2.41. The lowest BCUT2D eigenvalue weighted by Crippen LogP contribution is -2.29. The quantitative estimate of drug-likeness (QED) is 0.654. The molecule has 0 aliphatic rings. The van der Waals surface area contributed by atoms with Crippen molar-refractivity contribution in [3.63, 3.8) is 0 Å². The van der Waals surface area contributed by atoms with E-state index in [0.717, 1.165) is 12.8 Å². The highest BCUT2D eigenvalue weighted by Crippen LogP contribution is 2.19. The Morgan fingerprint density at radius 3 is 2.29 bits per heavy atom. The number of halogens is 3. The maximum atomic E-state index is 11.8. The molecule has 0 bridgehead atoms. The van der Waals surface area contributed by atoms with E-state index in [9.17, 15) is 18.0 Å². The fourth-order valence-corrected chi connectivity index (χ4v) is 0.996. The molecule has 0 heterocycles. The van der Waals surface area contributed by atoms with Crippen molar-refractivity contribution in [2.75, 3.05) is 0 Å².